The fraction of sp³-hybridized carbons (Fsp3) is 0.0526. The summed E-state index contributed by atoms with van der Waals surface area (Å²) in [5.74, 6) is -0.473. The lowest BCUT2D eigenvalue weighted by atomic mass is 9.92. The number of tetrazole rings is 1. The zero-order chi connectivity index (χ0) is 18.5. The second kappa shape index (κ2) is 7.60. The first kappa shape index (κ1) is 17.3. The zero-order valence-electron chi connectivity index (χ0n) is 13.8. The number of carbonyl (C=O) groups is 1. The molecule has 130 valence electrons. The molecule has 3 aromatic rings. The summed E-state index contributed by atoms with van der Waals surface area (Å²) in [4.78, 5) is 12.1. The molecule has 2 aromatic carbocycles. The van der Waals surface area contributed by atoms with E-state index in [2.05, 4.69) is 15.4 Å². The van der Waals surface area contributed by atoms with Crippen molar-refractivity contribution in [2.75, 3.05) is 0 Å². The number of nitrogens with zero attached hydrogens (tertiary/aromatic N) is 4. The van der Waals surface area contributed by atoms with Crippen LogP contribution in [0.1, 0.15) is 17.0 Å². The average molecular weight is 352 g/mol. The van der Waals surface area contributed by atoms with Crippen molar-refractivity contribution in [3.8, 4) is 0 Å². The van der Waals surface area contributed by atoms with Crippen molar-refractivity contribution in [1.82, 2.24) is 20.2 Å². The van der Waals surface area contributed by atoms with E-state index in [9.17, 15) is 13.6 Å². The molecule has 7 heteroatoms. The smallest absolute Gasteiger partial charge is 0.205 e. The van der Waals surface area contributed by atoms with Gasteiger partial charge in [0, 0.05) is 11.1 Å². The molecule has 1 aromatic heterocycles. The van der Waals surface area contributed by atoms with Gasteiger partial charge in [-0.05, 0) is 52.8 Å². The van der Waals surface area contributed by atoms with Gasteiger partial charge in [-0.1, -0.05) is 24.3 Å². The lowest BCUT2D eigenvalue weighted by Gasteiger charge is -2.12. The Bertz CT molecular complexity index is 926. The number of carbonyl (C=O) groups excluding carboxylic acids is 1. The Morgan fingerprint density at radius 3 is 1.92 bits per heavy atom. The summed E-state index contributed by atoms with van der Waals surface area (Å²) in [6.45, 7) is 0. The second-order valence-corrected chi connectivity index (χ2v) is 5.40. The van der Waals surface area contributed by atoms with E-state index >= 15 is 0 Å². The number of allylic oxidation sites excluding steroid dienone is 3. The molecule has 0 aliphatic carbocycles. The minimum absolute atomic E-state index is 0.286. The predicted octanol–water partition coefficient (Wildman–Crippen LogP) is 3.20. The molecule has 0 unspecified atom stereocenters. The van der Waals surface area contributed by atoms with Gasteiger partial charge in [0.1, 0.15) is 17.9 Å². The van der Waals surface area contributed by atoms with Crippen LogP contribution in [-0.4, -0.2) is 26.5 Å². The van der Waals surface area contributed by atoms with Crippen molar-refractivity contribution < 1.29 is 13.6 Å². The molecule has 1 heterocycles. The lowest BCUT2D eigenvalue weighted by molar-refractivity contribution is -0.104. The van der Waals surface area contributed by atoms with Gasteiger partial charge in [0.2, 0.25) is 5.82 Å². The van der Waals surface area contributed by atoms with Crippen LogP contribution in [0, 0.1) is 11.6 Å². The van der Waals surface area contributed by atoms with E-state index in [4.69, 9.17) is 0 Å². The van der Waals surface area contributed by atoms with Gasteiger partial charge >= 0.3 is 0 Å². The van der Waals surface area contributed by atoms with Crippen LogP contribution in [0.4, 0.5) is 8.78 Å². The van der Waals surface area contributed by atoms with Crippen LogP contribution in [-0.2, 0) is 11.8 Å². The molecule has 0 amide bonds. The molecule has 0 fully saturated rings. The van der Waals surface area contributed by atoms with E-state index in [1.807, 2.05) is 0 Å². The number of halogens is 2. The van der Waals surface area contributed by atoms with Gasteiger partial charge < -0.3 is 0 Å². The molecule has 0 spiro atoms. The van der Waals surface area contributed by atoms with Crippen molar-refractivity contribution in [1.29, 1.82) is 0 Å². The highest BCUT2D eigenvalue weighted by atomic mass is 19.1. The van der Waals surface area contributed by atoms with E-state index in [-0.39, 0.29) is 17.5 Å². The van der Waals surface area contributed by atoms with E-state index in [0.29, 0.717) is 28.6 Å². The molecule has 0 saturated heterocycles. The number of aldehydes is 1. The fourth-order valence-corrected chi connectivity index (χ4v) is 2.51. The quantitative estimate of drug-likeness (QED) is 0.402. The second-order valence-electron chi connectivity index (χ2n) is 5.40. The average Bonchev–Trinajstić information content (AvgIpc) is 3.07. The number of aryl methyl sites for hydroxylation is 1. The van der Waals surface area contributed by atoms with Gasteiger partial charge in [0.05, 0.1) is 7.05 Å². The third kappa shape index (κ3) is 3.77. The Hall–Kier alpha value is -3.48. The van der Waals surface area contributed by atoms with Gasteiger partial charge in [-0.3, -0.25) is 4.79 Å². The lowest BCUT2D eigenvalue weighted by Crippen LogP contribution is -1.97. The van der Waals surface area contributed by atoms with Crippen molar-refractivity contribution >= 4 is 17.4 Å². The normalized spacial score (nSPS) is 10.9. The number of hydrogen-bond acceptors (Lipinski definition) is 4. The van der Waals surface area contributed by atoms with Crippen molar-refractivity contribution in [2.45, 2.75) is 0 Å². The molecule has 0 atom stereocenters. The van der Waals surface area contributed by atoms with Gasteiger partial charge in [0.25, 0.3) is 0 Å². The van der Waals surface area contributed by atoms with Crippen molar-refractivity contribution in [2.24, 2.45) is 7.05 Å². The molecule has 0 aliphatic heterocycles. The molecule has 0 aliphatic rings. The van der Waals surface area contributed by atoms with E-state index in [1.165, 1.54) is 35.1 Å². The van der Waals surface area contributed by atoms with Gasteiger partial charge in [-0.15, -0.1) is 10.2 Å². The predicted molar refractivity (Wildman–Crippen MR) is 92.7 cm³/mol. The Morgan fingerprint density at radius 1 is 0.962 bits per heavy atom. The zero-order valence-corrected chi connectivity index (χ0v) is 13.8. The molecule has 0 bridgehead atoms. The Kier molecular flexibility index (Phi) is 5.07. The van der Waals surface area contributed by atoms with E-state index in [0.717, 1.165) is 0 Å². The first-order valence-corrected chi connectivity index (χ1v) is 7.71. The Morgan fingerprint density at radius 2 is 1.50 bits per heavy atom. The molecule has 0 radical (unpaired) electrons. The summed E-state index contributed by atoms with van der Waals surface area (Å²) in [5, 5.41) is 12.0. The first-order valence-electron chi connectivity index (χ1n) is 7.71. The highest BCUT2D eigenvalue weighted by Gasteiger charge is 2.16. The summed E-state index contributed by atoms with van der Waals surface area (Å²) >= 11 is 0. The maximum Gasteiger partial charge on any atom is 0.205 e. The minimum atomic E-state index is -0.380. The number of benzene rings is 2. The highest BCUT2D eigenvalue weighted by molar-refractivity contribution is 6.01. The molecule has 3 rings (SSSR count). The number of rotatable bonds is 5. The standard InChI is InChI=1S/C19H14F2N4O/c1-25-23-19(22-24-25)17(3-2-12-26)18(13-4-8-15(20)9-5-13)14-6-10-16(21)11-7-14/h2-12H,1H3. The number of hydrogen-bond donors (Lipinski definition) is 0. The summed E-state index contributed by atoms with van der Waals surface area (Å²) < 4.78 is 26.7. The Balaban J connectivity index is 2.31. The van der Waals surface area contributed by atoms with Crippen LogP contribution < -0.4 is 0 Å². The molecule has 0 N–H and O–H groups in total. The largest absolute Gasteiger partial charge is 0.299 e. The van der Waals surface area contributed by atoms with Crippen LogP contribution in [0.5, 0.6) is 0 Å². The molecule has 26 heavy (non-hydrogen) atoms. The van der Waals surface area contributed by atoms with Crippen LogP contribution in [0.15, 0.2) is 60.7 Å². The third-order valence-electron chi connectivity index (χ3n) is 3.63. The van der Waals surface area contributed by atoms with Crippen LogP contribution in [0.2, 0.25) is 0 Å². The highest BCUT2D eigenvalue weighted by Crippen LogP contribution is 2.32. The third-order valence-corrected chi connectivity index (χ3v) is 3.63. The van der Waals surface area contributed by atoms with Crippen molar-refractivity contribution in [3.05, 3.63) is 89.3 Å². The maximum atomic E-state index is 13.4. The minimum Gasteiger partial charge on any atom is -0.299 e. The summed E-state index contributed by atoms with van der Waals surface area (Å²) in [6.07, 6.45) is 3.48. The van der Waals surface area contributed by atoms with Crippen LogP contribution in [0.25, 0.3) is 11.1 Å². The summed E-state index contributed by atoms with van der Waals surface area (Å²) in [5.41, 5.74) is 2.45. The topological polar surface area (TPSA) is 60.7 Å². The molecule has 5 nitrogen and oxygen atoms in total. The van der Waals surface area contributed by atoms with Crippen LogP contribution in [0.3, 0.4) is 0 Å². The van der Waals surface area contributed by atoms with Crippen LogP contribution >= 0.6 is 0 Å². The van der Waals surface area contributed by atoms with E-state index in [1.54, 1.807) is 37.4 Å². The molecular weight excluding hydrogens is 338 g/mol. The Labute approximate surface area is 148 Å². The van der Waals surface area contributed by atoms with Gasteiger partial charge in [-0.2, -0.15) is 4.80 Å². The molecular formula is C19H14F2N4O. The summed E-state index contributed by atoms with van der Waals surface area (Å²) in [6, 6.07) is 11.7. The van der Waals surface area contributed by atoms with Crippen molar-refractivity contribution in [3.63, 3.8) is 0 Å². The summed E-state index contributed by atoms with van der Waals surface area (Å²) in [7, 11) is 1.62. The maximum absolute atomic E-state index is 13.4. The first-order chi connectivity index (χ1) is 12.6. The number of aromatic nitrogens is 4. The fourth-order valence-electron chi connectivity index (χ4n) is 2.51. The van der Waals surface area contributed by atoms with Gasteiger partial charge in [0.15, 0.2) is 0 Å². The molecule has 0 saturated carbocycles. The van der Waals surface area contributed by atoms with Gasteiger partial charge in [-0.25, -0.2) is 8.78 Å². The monoisotopic (exact) mass is 352 g/mol. The SMILES string of the molecule is Cn1nnc(C(C=CC=O)=C(c2ccc(F)cc2)c2ccc(F)cc2)n1. The van der Waals surface area contributed by atoms with E-state index < -0.39 is 0 Å².